The number of halogens is 2. The van der Waals surface area contributed by atoms with Crippen molar-refractivity contribution in [1.29, 1.82) is 0 Å². The van der Waals surface area contributed by atoms with Crippen LogP contribution < -0.4 is 10.1 Å². The molecule has 8 heteroatoms. The second-order valence-electron chi connectivity index (χ2n) is 7.12. The summed E-state index contributed by atoms with van der Waals surface area (Å²) in [6, 6.07) is 14.9. The van der Waals surface area contributed by atoms with Gasteiger partial charge < -0.3 is 10.1 Å². The van der Waals surface area contributed by atoms with E-state index < -0.39 is 0 Å². The molecule has 2 heterocycles. The fraction of sp³-hybridized carbons (Fsp3) is 0.125. The lowest BCUT2D eigenvalue weighted by molar-refractivity contribution is -0.115. The third-order valence-electron chi connectivity index (χ3n) is 5.00. The number of benzene rings is 2. The topological polar surface area (TPSA) is 69.0 Å². The van der Waals surface area contributed by atoms with Gasteiger partial charge in [-0.25, -0.2) is 4.39 Å². The van der Waals surface area contributed by atoms with Gasteiger partial charge in [0.1, 0.15) is 23.1 Å². The molecule has 2 aromatic heterocycles. The van der Waals surface area contributed by atoms with Gasteiger partial charge >= 0.3 is 0 Å². The van der Waals surface area contributed by atoms with Crippen LogP contribution in [0, 0.1) is 5.82 Å². The maximum Gasteiger partial charge on any atom is 0.230 e. The van der Waals surface area contributed by atoms with Crippen molar-refractivity contribution in [1.82, 2.24) is 14.8 Å². The Hall–Kier alpha value is -3.71. The molecule has 6 nitrogen and oxygen atoms in total. The molecule has 162 valence electrons. The Morgan fingerprint density at radius 1 is 1.09 bits per heavy atom. The minimum absolute atomic E-state index is 0.0790. The summed E-state index contributed by atoms with van der Waals surface area (Å²) in [7, 11) is 3.30. The summed E-state index contributed by atoms with van der Waals surface area (Å²) in [6.45, 7) is 0. The highest BCUT2D eigenvalue weighted by Gasteiger charge is 2.21. The number of pyridine rings is 1. The van der Waals surface area contributed by atoms with Gasteiger partial charge in [-0.15, -0.1) is 0 Å². The first kappa shape index (κ1) is 21.5. The van der Waals surface area contributed by atoms with Gasteiger partial charge in [-0.1, -0.05) is 17.7 Å². The molecule has 0 saturated carbocycles. The van der Waals surface area contributed by atoms with E-state index in [-0.39, 0.29) is 18.1 Å². The molecule has 32 heavy (non-hydrogen) atoms. The van der Waals surface area contributed by atoms with Crippen LogP contribution in [0.15, 0.2) is 67.0 Å². The lowest BCUT2D eigenvalue weighted by Crippen LogP contribution is -2.17. The van der Waals surface area contributed by atoms with Crippen molar-refractivity contribution in [3.63, 3.8) is 0 Å². The molecule has 0 bridgehead atoms. The SMILES string of the molecule is COc1ccc(CC(=O)Nc2c(-c3ccncc3)c(-c3ccc(F)cc3)nn2C)c(Cl)c1. The fourth-order valence-electron chi connectivity index (χ4n) is 3.42. The Morgan fingerprint density at radius 2 is 1.81 bits per heavy atom. The molecule has 0 aliphatic heterocycles. The smallest absolute Gasteiger partial charge is 0.230 e. The molecule has 0 aliphatic carbocycles. The van der Waals surface area contributed by atoms with Crippen LogP contribution >= 0.6 is 11.6 Å². The summed E-state index contributed by atoms with van der Waals surface area (Å²) in [5.74, 6) is 0.556. The van der Waals surface area contributed by atoms with E-state index >= 15 is 0 Å². The van der Waals surface area contributed by atoms with Crippen LogP contribution in [0.1, 0.15) is 5.56 Å². The van der Waals surface area contributed by atoms with E-state index in [4.69, 9.17) is 16.3 Å². The van der Waals surface area contributed by atoms with Crippen LogP contribution in [0.4, 0.5) is 10.2 Å². The van der Waals surface area contributed by atoms with E-state index in [1.165, 1.54) is 12.1 Å². The van der Waals surface area contributed by atoms with E-state index in [1.807, 2.05) is 12.1 Å². The van der Waals surface area contributed by atoms with Crippen molar-refractivity contribution in [2.75, 3.05) is 12.4 Å². The number of anilines is 1. The Kier molecular flexibility index (Phi) is 6.18. The van der Waals surface area contributed by atoms with Crippen LogP contribution in [-0.4, -0.2) is 27.8 Å². The molecule has 0 atom stereocenters. The minimum Gasteiger partial charge on any atom is -0.497 e. The second kappa shape index (κ2) is 9.20. The summed E-state index contributed by atoms with van der Waals surface area (Å²) >= 11 is 6.30. The average molecular weight is 451 g/mol. The van der Waals surface area contributed by atoms with Crippen molar-refractivity contribution in [3.05, 3.63) is 83.4 Å². The quantitative estimate of drug-likeness (QED) is 0.442. The van der Waals surface area contributed by atoms with Gasteiger partial charge in [-0.3, -0.25) is 14.5 Å². The molecule has 0 unspecified atom stereocenters. The second-order valence-corrected chi connectivity index (χ2v) is 7.53. The summed E-state index contributed by atoms with van der Waals surface area (Å²) in [5.41, 5.74) is 3.57. The van der Waals surface area contributed by atoms with Crippen LogP contribution in [-0.2, 0) is 18.3 Å². The molecule has 2 aromatic carbocycles. The first-order valence-corrected chi connectivity index (χ1v) is 10.2. The fourth-order valence-corrected chi connectivity index (χ4v) is 3.65. The number of amides is 1. The van der Waals surface area contributed by atoms with Crippen LogP contribution in [0.5, 0.6) is 5.75 Å². The third-order valence-corrected chi connectivity index (χ3v) is 5.35. The maximum atomic E-state index is 13.5. The van der Waals surface area contributed by atoms with Crippen molar-refractivity contribution in [2.45, 2.75) is 6.42 Å². The lowest BCUT2D eigenvalue weighted by atomic mass is 10.0. The predicted molar refractivity (Wildman–Crippen MR) is 122 cm³/mol. The number of hydrogen-bond acceptors (Lipinski definition) is 4. The zero-order valence-corrected chi connectivity index (χ0v) is 18.2. The summed E-state index contributed by atoms with van der Waals surface area (Å²) in [6.07, 6.45) is 3.41. The number of nitrogens with zero attached hydrogens (tertiary/aromatic N) is 3. The first-order valence-electron chi connectivity index (χ1n) is 9.82. The van der Waals surface area contributed by atoms with E-state index in [0.29, 0.717) is 27.8 Å². The standard InChI is InChI=1S/C24H20ClFN4O2/c1-30-24(28-21(31)13-17-5-8-19(32-2)14-20(17)25)22(15-9-11-27-12-10-15)23(29-30)16-3-6-18(26)7-4-16/h3-12,14H,13H2,1-2H3,(H,28,31). The molecule has 0 radical (unpaired) electrons. The Balaban J connectivity index is 1.70. The number of carbonyl (C=O) groups is 1. The highest BCUT2D eigenvalue weighted by molar-refractivity contribution is 6.31. The van der Waals surface area contributed by atoms with Crippen molar-refractivity contribution in [2.24, 2.45) is 7.05 Å². The lowest BCUT2D eigenvalue weighted by Gasteiger charge is -2.11. The van der Waals surface area contributed by atoms with Gasteiger partial charge in [0.05, 0.1) is 19.1 Å². The third kappa shape index (κ3) is 4.48. The Labute approximate surface area is 189 Å². The summed E-state index contributed by atoms with van der Waals surface area (Å²) in [5, 5.41) is 8.01. The van der Waals surface area contributed by atoms with Gasteiger partial charge in [0.2, 0.25) is 5.91 Å². The molecule has 4 rings (SSSR count). The molecule has 0 fully saturated rings. The minimum atomic E-state index is -0.333. The van der Waals surface area contributed by atoms with Crippen molar-refractivity contribution < 1.29 is 13.9 Å². The molecule has 1 amide bonds. The van der Waals surface area contributed by atoms with Gasteiger partial charge in [-0.05, 0) is 59.7 Å². The molecule has 1 N–H and O–H groups in total. The first-order chi connectivity index (χ1) is 15.5. The van der Waals surface area contributed by atoms with Gasteiger partial charge in [0.15, 0.2) is 0 Å². The Bertz CT molecular complexity index is 1260. The highest BCUT2D eigenvalue weighted by atomic mass is 35.5. The summed E-state index contributed by atoms with van der Waals surface area (Å²) in [4.78, 5) is 17.0. The highest BCUT2D eigenvalue weighted by Crippen LogP contribution is 2.37. The van der Waals surface area contributed by atoms with Crippen LogP contribution in [0.2, 0.25) is 5.02 Å². The largest absolute Gasteiger partial charge is 0.497 e. The number of hydrogen-bond donors (Lipinski definition) is 1. The molecule has 0 spiro atoms. The number of ether oxygens (including phenoxy) is 1. The molecule has 4 aromatic rings. The van der Waals surface area contributed by atoms with Crippen LogP contribution in [0.3, 0.4) is 0 Å². The zero-order chi connectivity index (χ0) is 22.7. The zero-order valence-electron chi connectivity index (χ0n) is 17.5. The number of carbonyl (C=O) groups excluding carboxylic acids is 1. The molecular formula is C24H20ClFN4O2. The number of rotatable bonds is 6. The van der Waals surface area contributed by atoms with E-state index in [2.05, 4.69) is 15.4 Å². The van der Waals surface area contributed by atoms with E-state index in [1.54, 1.807) is 61.6 Å². The number of aromatic nitrogens is 3. The number of aryl methyl sites for hydroxylation is 1. The van der Waals surface area contributed by atoms with Gasteiger partial charge in [0.25, 0.3) is 0 Å². The van der Waals surface area contributed by atoms with Gasteiger partial charge in [0, 0.05) is 30.0 Å². The average Bonchev–Trinajstić information content (AvgIpc) is 3.12. The molecule has 0 aliphatic rings. The monoisotopic (exact) mass is 450 g/mol. The Morgan fingerprint density at radius 3 is 2.47 bits per heavy atom. The van der Waals surface area contributed by atoms with Crippen molar-refractivity contribution >= 4 is 23.3 Å². The normalized spacial score (nSPS) is 10.8. The summed E-state index contributed by atoms with van der Waals surface area (Å²) < 4.78 is 20.2. The van der Waals surface area contributed by atoms with E-state index in [9.17, 15) is 9.18 Å². The number of nitrogens with one attached hydrogen (secondary N) is 1. The molecule has 0 saturated heterocycles. The van der Waals surface area contributed by atoms with Gasteiger partial charge in [-0.2, -0.15) is 5.10 Å². The van der Waals surface area contributed by atoms with Crippen molar-refractivity contribution in [3.8, 4) is 28.1 Å². The molecular weight excluding hydrogens is 431 g/mol. The number of methoxy groups -OCH3 is 1. The van der Waals surface area contributed by atoms with Crippen LogP contribution in [0.25, 0.3) is 22.4 Å². The predicted octanol–water partition coefficient (Wildman–Crippen LogP) is 5.13. The van der Waals surface area contributed by atoms with E-state index in [0.717, 1.165) is 16.7 Å². The maximum absolute atomic E-state index is 13.5.